The van der Waals surface area contributed by atoms with Gasteiger partial charge in [-0.2, -0.15) is 0 Å². The number of ether oxygens (including phenoxy) is 1. The monoisotopic (exact) mass is 315 g/mol. The zero-order chi connectivity index (χ0) is 15.4. The van der Waals surface area contributed by atoms with Gasteiger partial charge in [-0.25, -0.2) is 0 Å². The molecule has 1 aromatic carbocycles. The molecule has 1 aliphatic heterocycles. The number of fused-ring (bicyclic) bond motifs is 1. The molecule has 1 amide bonds. The molecule has 0 bridgehead atoms. The van der Waals surface area contributed by atoms with Crippen molar-refractivity contribution in [3.8, 4) is 5.75 Å². The topological polar surface area (TPSA) is 29.5 Å². The summed E-state index contributed by atoms with van der Waals surface area (Å²) in [6.07, 6.45) is 3.50. The Kier molecular flexibility index (Phi) is 4.78. The van der Waals surface area contributed by atoms with Crippen molar-refractivity contribution in [2.24, 2.45) is 0 Å². The van der Waals surface area contributed by atoms with Crippen molar-refractivity contribution in [3.05, 3.63) is 51.7 Å². The summed E-state index contributed by atoms with van der Waals surface area (Å²) in [7, 11) is 1.69. The highest BCUT2D eigenvalue weighted by atomic mass is 32.1. The van der Waals surface area contributed by atoms with Crippen molar-refractivity contribution in [2.75, 3.05) is 13.7 Å². The molecule has 22 heavy (non-hydrogen) atoms. The van der Waals surface area contributed by atoms with Crippen molar-refractivity contribution in [2.45, 2.75) is 32.2 Å². The summed E-state index contributed by atoms with van der Waals surface area (Å²) in [5, 5.41) is 2.09. The number of aryl methyl sites for hydroxylation is 1. The van der Waals surface area contributed by atoms with E-state index >= 15 is 0 Å². The fraction of sp³-hybridized carbons (Fsp3) is 0.389. The predicted molar refractivity (Wildman–Crippen MR) is 89.4 cm³/mol. The largest absolute Gasteiger partial charge is 0.497 e. The van der Waals surface area contributed by atoms with E-state index in [1.54, 1.807) is 18.4 Å². The zero-order valence-electron chi connectivity index (χ0n) is 12.9. The maximum absolute atomic E-state index is 12.4. The van der Waals surface area contributed by atoms with Crippen LogP contribution in [0.3, 0.4) is 0 Å². The summed E-state index contributed by atoms with van der Waals surface area (Å²) in [6.45, 7) is 1.55. The van der Waals surface area contributed by atoms with Crippen LogP contribution < -0.4 is 4.74 Å². The summed E-state index contributed by atoms with van der Waals surface area (Å²) in [5.74, 6) is 1.17. The van der Waals surface area contributed by atoms with Crippen LogP contribution in [0.15, 0.2) is 35.7 Å². The van der Waals surface area contributed by atoms with Gasteiger partial charge >= 0.3 is 0 Å². The second-order valence-corrected chi connectivity index (χ2v) is 6.67. The molecule has 1 aliphatic rings. The number of rotatable bonds is 5. The van der Waals surface area contributed by atoms with Crippen LogP contribution in [0, 0.1) is 0 Å². The van der Waals surface area contributed by atoms with Crippen LogP contribution in [0.1, 0.15) is 28.8 Å². The van der Waals surface area contributed by atoms with Gasteiger partial charge in [0.2, 0.25) is 5.91 Å². The van der Waals surface area contributed by atoms with Crippen LogP contribution in [0.4, 0.5) is 0 Å². The van der Waals surface area contributed by atoms with Crippen LogP contribution in [-0.2, 0) is 24.2 Å². The molecule has 1 aromatic heterocycles. The fourth-order valence-corrected chi connectivity index (χ4v) is 3.65. The van der Waals surface area contributed by atoms with Gasteiger partial charge < -0.3 is 9.64 Å². The highest BCUT2D eigenvalue weighted by Crippen LogP contribution is 2.24. The number of methoxy groups -OCH3 is 1. The molecule has 0 N–H and O–H groups in total. The first-order valence-electron chi connectivity index (χ1n) is 7.72. The van der Waals surface area contributed by atoms with E-state index in [4.69, 9.17) is 4.74 Å². The minimum atomic E-state index is 0.276. The lowest BCUT2D eigenvalue weighted by atomic mass is 9.99. The summed E-state index contributed by atoms with van der Waals surface area (Å²) in [6, 6.07) is 10.4. The van der Waals surface area contributed by atoms with Gasteiger partial charge in [-0.15, -0.1) is 11.3 Å². The van der Waals surface area contributed by atoms with Crippen molar-refractivity contribution in [3.63, 3.8) is 0 Å². The molecule has 2 heterocycles. The number of hydrogen-bond acceptors (Lipinski definition) is 3. The number of amides is 1. The Morgan fingerprint density at radius 1 is 1.32 bits per heavy atom. The SMILES string of the molecule is COc1ccc2c(c1)CCN(C(=O)CCCc1cccs1)C2. The van der Waals surface area contributed by atoms with Crippen molar-refractivity contribution < 1.29 is 9.53 Å². The molecule has 4 heteroatoms. The van der Waals surface area contributed by atoms with E-state index in [0.717, 1.165) is 38.1 Å². The molecule has 0 spiro atoms. The number of hydrogen-bond donors (Lipinski definition) is 0. The van der Waals surface area contributed by atoms with Crippen molar-refractivity contribution >= 4 is 17.2 Å². The number of benzene rings is 1. The van der Waals surface area contributed by atoms with Crippen molar-refractivity contribution in [1.82, 2.24) is 4.90 Å². The van der Waals surface area contributed by atoms with Gasteiger partial charge in [0, 0.05) is 24.4 Å². The smallest absolute Gasteiger partial charge is 0.222 e. The second-order valence-electron chi connectivity index (χ2n) is 5.63. The molecule has 3 nitrogen and oxygen atoms in total. The minimum absolute atomic E-state index is 0.276. The summed E-state index contributed by atoms with van der Waals surface area (Å²) < 4.78 is 5.26. The van der Waals surface area contributed by atoms with Crippen LogP contribution in [0.25, 0.3) is 0 Å². The third-order valence-corrected chi connectivity index (χ3v) is 5.11. The van der Waals surface area contributed by atoms with Crippen LogP contribution >= 0.6 is 11.3 Å². The second kappa shape index (κ2) is 6.97. The number of thiophene rings is 1. The standard InChI is InChI=1S/C18H21NO2S/c1-21-16-8-7-15-13-19(10-9-14(15)12-16)18(20)6-2-4-17-5-3-11-22-17/h3,5,7-8,11-12H,2,4,6,9-10,13H2,1H3. The molecule has 0 saturated carbocycles. The van der Waals surface area contributed by atoms with E-state index in [1.807, 2.05) is 11.0 Å². The first-order chi connectivity index (χ1) is 10.8. The van der Waals surface area contributed by atoms with E-state index in [9.17, 15) is 4.79 Å². The van der Waals surface area contributed by atoms with E-state index < -0.39 is 0 Å². The van der Waals surface area contributed by atoms with Gasteiger partial charge in [-0.1, -0.05) is 12.1 Å². The zero-order valence-corrected chi connectivity index (χ0v) is 13.7. The molecule has 0 fully saturated rings. The molecule has 0 atom stereocenters. The Morgan fingerprint density at radius 2 is 2.23 bits per heavy atom. The van der Waals surface area contributed by atoms with Gasteiger partial charge in [0.25, 0.3) is 0 Å². The molecule has 0 radical (unpaired) electrons. The van der Waals surface area contributed by atoms with Gasteiger partial charge in [-0.3, -0.25) is 4.79 Å². The van der Waals surface area contributed by atoms with Crippen LogP contribution in [-0.4, -0.2) is 24.5 Å². The molecule has 0 aliphatic carbocycles. The highest BCUT2D eigenvalue weighted by Gasteiger charge is 2.20. The molecule has 116 valence electrons. The first kappa shape index (κ1) is 15.1. The van der Waals surface area contributed by atoms with Gasteiger partial charge in [0.05, 0.1) is 7.11 Å². The summed E-state index contributed by atoms with van der Waals surface area (Å²) in [5.41, 5.74) is 2.56. The molecular weight excluding hydrogens is 294 g/mol. The van der Waals surface area contributed by atoms with Crippen LogP contribution in [0.2, 0.25) is 0 Å². The summed E-state index contributed by atoms with van der Waals surface area (Å²) >= 11 is 1.77. The van der Waals surface area contributed by atoms with E-state index in [1.165, 1.54) is 16.0 Å². The van der Waals surface area contributed by atoms with E-state index in [0.29, 0.717) is 6.42 Å². The van der Waals surface area contributed by atoms with Crippen molar-refractivity contribution in [1.29, 1.82) is 0 Å². The molecule has 3 rings (SSSR count). The summed E-state index contributed by atoms with van der Waals surface area (Å²) in [4.78, 5) is 15.7. The maximum atomic E-state index is 12.4. The number of nitrogens with zero attached hydrogens (tertiary/aromatic N) is 1. The third-order valence-electron chi connectivity index (χ3n) is 4.17. The van der Waals surface area contributed by atoms with Crippen LogP contribution in [0.5, 0.6) is 5.75 Å². The molecule has 0 unspecified atom stereocenters. The van der Waals surface area contributed by atoms with Gasteiger partial charge in [0.15, 0.2) is 0 Å². The lowest BCUT2D eigenvalue weighted by molar-refractivity contribution is -0.132. The molecular formula is C18H21NO2S. The molecule has 2 aromatic rings. The van der Waals surface area contributed by atoms with Gasteiger partial charge in [-0.05, 0) is 54.0 Å². The maximum Gasteiger partial charge on any atom is 0.222 e. The average Bonchev–Trinajstić information content (AvgIpc) is 3.07. The normalized spacial score (nSPS) is 13.8. The quantitative estimate of drug-likeness (QED) is 0.842. The number of carbonyl (C=O) groups excluding carboxylic acids is 1. The van der Waals surface area contributed by atoms with E-state index in [-0.39, 0.29) is 5.91 Å². The molecule has 0 saturated heterocycles. The Bertz CT molecular complexity index is 637. The Balaban J connectivity index is 1.53. The Morgan fingerprint density at radius 3 is 3.00 bits per heavy atom. The van der Waals surface area contributed by atoms with Gasteiger partial charge in [0.1, 0.15) is 5.75 Å². The third kappa shape index (κ3) is 3.50. The fourth-order valence-electron chi connectivity index (χ4n) is 2.90. The lowest BCUT2D eigenvalue weighted by Crippen LogP contribution is -2.35. The Labute approximate surface area is 135 Å². The van der Waals surface area contributed by atoms with E-state index in [2.05, 4.69) is 29.6 Å². The highest BCUT2D eigenvalue weighted by molar-refractivity contribution is 7.09. The Hall–Kier alpha value is -1.81. The first-order valence-corrected chi connectivity index (χ1v) is 8.60. The average molecular weight is 315 g/mol. The minimum Gasteiger partial charge on any atom is -0.497 e. The predicted octanol–water partition coefficient (Wildman–Crippen LogP) is 3.66. The lowest BCUT2D eigenvalue weighted by Gasteiger charge is -2.29. The number of carbonyl (C=O) groups is 1.